The standard InChI is InChI=1S/C25H31FN4O/c1-27-17-25(18-28(19-25)16-20-7-3-2-4-8-20)15-23(27)24(31)30-13-11-29(12-14-30)22-10-6-5-9-21(22)26/h2-10,23H,11-19H2,1H3. The maximum atomic E-state index is 14.1. The van der Waals surface area contributed by atoms with Crippen LogP contribution in [0, 0.1) is 11.2 Å². The van der Waals surface area contributed by atoms with E-state index in [1.807, 2.05) is 21.9 Å². The number of nitrogens with zero attached hydrogens (tertiary/aromatic N) is 4. The first-order chi connectivity index (χ1) is 15.0. The van der Waals surface area contributed by atoms with E-state index in [2.05, 4.69) is 47.2 Å². The lowest BCUT2D eigenvalue weighted by atomic mass is 9.77. The summed E-state index contributed by atoms with van der Waals surface area (Å²) in [7, 11) is 2.09. The molecule has 1 unspecified atom stereocenters. The number of carbonyl (C=O) groups is 1. The van der Waals surface area contributed by atoms with Gasteiger partial charge in [-0.3, -0.25) is 14.6 Å². The lowest BCUT2D eigenvalue weighted by molar-refractivity contribution is -0.136. The minimum absolute atomic E-state index is 0.0288. The number of rotatable bonds is 4. The van der Waals surface area contributed by atoms with Crippen molar-refractivity contribution < 1.29 is 9.18 Å². The summed E-state index contributed by atoms with van der Waals surface area (Å²) >= 11 is 0. The largest absolute Gasteiger partial charge is 0.366 e. The molecule has 1 spiro atoms. The number of piperazine rings is 1. The fraction of sp³-hybridized carbons (Fsp3) is 0.480. The van der Waals surface area contributed by atoms with Crippen molar-refractivity contribution >= 4 is 11.6 Å². The van der Waals surface area contributed by atoms with Gasteiger partial charge < -0.3 is 9.80 Å². The summed E-state index contributed by atoms with van der Waals surface area (Å²) in [6, 6.07) is 17.5. The molecule has 1 atom stereocenters. The summed E-state index contributed by atoms with van der Waals surface area (Å²) in [5, 5.41) is 0. The molecule has 0 radical (unpaired) electrons. The van der Waals surface area contributed by atoms with Crippen molar-refractivity contribution in [3.63, 3.8) is 0 Å². The third kappa shape index (κ3) is 4.06. The van der Waals surface area contributed by atoms with Crippen LogP contribution in [0.25, 0.3) is 0 Å². The van der Waals surface area contributed by atoms with Gasteiger partial charge in [0.15, 0.2) is 0 Å². The Morgan fingerprint density at radius 2 is 1.65 bits per heavy atom. The van der Waals surface area contributed by atoms with Crippen LogP contribution in [0.4, 0.5) is 10.1 Å². The molecule has 3 heterocycles. The van der Waals surface area contributed by atoms with Crippen molar-refractivity contribution in [2.24, 2.45) is 5.41 Å². The van der Waals surface area contributed by atoms with Gasteiger partial charge in [0.25, 0.3) is 0 Å². The van der Waals surface area contributed by atoms with Gasteiger partial charge in [0, 0.05) is 57.8 Å². The topological polar surface area (TPSA) is 30.0 Å². The molecule has 0 N–H and O–H groups in total. The Hall–Kier alpha value is -2.44. The van der Waals surface area contributed by atoms with Gasteiger partial charge in [-0.25, -0.2) is 4.39 Å². The fourth-order valence-corrected chi connectivity index (χ4v) is 5.72. The Bertz CT molecular complexity index is 922. The molecule has 2 aromatic rings. The number of carbonyl (C=O) groups excluding carboxylic acids is 1. The van der Waals surface area contributed by atoms with Gasteiger partial charge in [-0.2, -0.15) is 0 Å². The summed E-state index contributed by atoms with van der Waals surface area (Å²) in [6.07, 6.45) is 0.946. The molecule has 0 bridgehead atoms. The van der Waals surface area contributed by atoms with Gasteiger partial charge in [-0.05, 0) is 31.2 Å². The van der Waals surface area contributed by atoms with Crippen molar-refractivity contribution in [3.05, 3.63) is 66.0 Å². The van der Waals surface area contributed by atoms with Crippen LogP contribution in [0.3, 0.4) is 0 Å². The second-order valence-corrected chi connectivity index (χ2v) is 9.53. The molecule has 31 heavy (non-hydrogen) atoms. The van der Waals surface area contributed by atoms with E-state index in [0.29, 0.717) is 31.9 Å². The molecule has 2 aromatic carbocycles. The van der Waals surface area contributed by atoms with Gasteiger partial charge in [-0.1, -0.05) is 42.5 Å². The lowest BCUT2D eigenvalue weighted by Gasteiger charge is -2.48. The monoisotopic (exact) mass is 422 g/mol. The van der Waals surface area contributed by atoms with E-state index >= 15 is 0 Å². The highest BCUT2D eigenvalue weighted by molar-refractivity contribution is 5.82. The molecule has 3 fully saturated rings. The molecule has 5 rings (SSSR count). The maximum Gasteiger partial charge on any atom is 0.240 e. The number of likely N-dealkylation sites (N-methyl/N-ethyl adjacent to an activating group) is 1. The minimum Gasteiger partial charge on any atom is -0.366 e. The van der Waals surface area contributed by atoms with Crippen molar-refractivity contribution in [2.45, 2.75) is 19.0 Å². The van der Waals surface area contributed by atoms with Gasteiger partial charge in [0.05, 0.1) is 11.7 Å². The number of hydrogen-bond acceptors (Lipinski definition) is 4. The van der Waals surface area contributed by atoms with Crippen LogP contribution in [0.15, 0.2) is 54.6 Å². The normalized spacial score (nSPS) is 23.9. The molecule has 3 aliphatic rings. The van der Waals surface area contributed by atoms with E-state index in [9.17, 15) is 9.18 Å². The quantitative estimate of drug-likeness (QED) is 0.758. The third-order valence-corrected chi connectivity index (χ3v) is 7.18. The lowest BCUT2D eigenvalue weighted by Crippen LogP contribution is -2.56. The molecular weight excluding hydrogens is 391 g/mol. The molecular formula is C25H31FN4O. The number of para-hydroxylation sites is 1. The van der Waals surface area contributed by atoms with Gasteiger partial charge >= 0.3 is 0 Å². The van der Waals surface area contributed by atoms with E-state index in [1.54, 1.807) is 6.07 Å². The van der Waals surface area contributed by atoms with Crippen LogP contribution in [-0.2, 0) is 11.3 Å². The maximum absolute atomic E-state index is 14.1. The van der Waals surface area contributed by atoms with Crippen LogP contribution in [-0.4, -0.2) is 79.5 Å². The predicted molar refractivity (Wildman–Crippen MR) is 120 cm³/mol. The molecule has 164 valence electrons. The first-order valence-corrected chi connectivity index (χ1v) is 11.3. The van der Waals surface area contributed by atoms with Crippen LogP contribution < -0.4 is 4.90 Å². The van der Waals surface area contributed by atoms with E-state index in [1.165, 1.54) is 11.6 Å². The van der Waals surface area contributed by atoms with Crippen LogP contribution >= 0.6 is 0 Å². The highest BCUT2D eigenvalue weighted by Gasteiger charge is 2.52. The van der Waals surface area contributed by atoms with Gasteiger partial charge in [0.2, 0.25) is 5.91 Å². The summed E-state index contributed by atoms with van der Waals surface area (Å²) in [5.74, 6) is 0.0545. The zero-order valence-electron chi connectivity index (χ0n) is 18.2. The van der Waals surface area contributed by atoms with E-state index in [0.717, 1.165) is 32.6 Å². The van der Waals surface area contributed by atoms with Crippen molar-refractivity contribution in [1.82, 2.24) is 14.7 Å². The van der Waals surface area contributed by atoms with Crippen molar-refractivity contribution in [3.8, 4) is 0 Å². The second kappa shape index (κ2) is 8.24. The SMILES string of the molecule is CN1CC2(CC1C(=O)N1CCN(c3ccccc3F)CC1)CN(Cc1ccccc1)C2. The second-order valence-electron chi connectivity index (χ2n) is 9.53. The predicted octanol–water partition coefficient (Wildman–Crippen LogP) is 2.68. The van der Waals surface area contributed by atoms with Crippen molar-refractivity contribution in [2.75, 3.05) is 57.8 Å². The van der Waals surface area contributed by atoms with E-state index in [-0.39, 0.29) is 23.2 Å². The molecule has 3 saturated heterocycles. The van der Waals surface area contributed by atoms with Gasteiger partial charge in [0.1, 0.15) is 5.82 Å². The smallest absolute Gasteiger partial charge is 0.240 e. The highest BCUT2D eigenvalue weighted by Crippen LogP contribution is 2.43. The van der Waals surface area contributed by atoms with Gasteiger partial charge in [-0.15, -0.1) is 0 Å². The third-order valence-electron chi connectivity index (χ3n) is 7.18. The first kappa shape index (κ1) is 20.5. The number of amides is 1. The number of likely N-dealkylation sites (tertiary alicyclic amines) is 2. The summed E-state index contributed by atoms with van der Waals surface area (Å²) in [4.78, 5) is 22.1. The van der Waals surface area contributed by atoms with Crippen LogP contribution in [0.2, 0.25) is 0 Å². The summed E-state index contributed by atoms with van der Waals surface area (Å²) < 4.78 is 14.1. The number of anilines is 1. The van der Waals surface area contributed by atoms with Crippen LogP contribution in [0.1, 0.15) is 12.0 Å². The molecule has 3 aliphatic heterocycles. The number of hydrogen-bond donors (Lipinski definition) is 0. The Morgan fingerprint density at radius 1 is 0.968 bits per heavy atom. The number of halogens is 1. The molecule has 6 heteroatoms. The zero-order chi connectivity index (χ0) is 21.4. The molecule has 0 aromatic heterocycles. The highest BCUT2D eigenvalue weighted by atomic mass is 19.1. The Balaban J connectivity index is 1.15. The Morgan fingerprint density at radius 3 is 2.35 bits per heavy atom. The molecule has 1 amide bonds. The number of benzene rings is 2. The summed E-state index contributed by atoms with van der Waals surface area (Å²) in [6.45, 7) is 6.79. The minimum atomic E-state index is -0.190. The molecule has 0 saturated carbocycles. The molecule has 5 nitrogen and oxygen atoms in total. The average Bonchev–Trinajstić information content (AvgIpc) is 3.11. The fourth-order valence-electron chi connectivity index (χ4n) is 5.72. The summed E-state index contributed by atoms with van der Waals surface area (Å²) in [5.41, 5.74) is 2.24. The first-order valence-electron chi connectivity index (χ1n) is 11.3. The average molecular weight is 423 g/mol. The van der Waals surface area contributed by atoms with Crippen LogP contribution in [0.5, 0.6) is 0 Å². The van der Waals surface area contributed by atoms with Crippen molar-refractivity contribution in [1.29, 1.82) is 0 Å². The Labute approximate surface area is 184 Å². The van der Waals surface area contributed by atoms with E-state index in [4.69, 9.17) is 0 Å². The zero-order valence-corrected chi connectivity index (χ0v) is 18.2. The Kier molecular flexibility index (Phi) is 5.44. The molecule has 0 aliphatic carbocycles. The van der Waals surface area contributed by atoms with E-state index < -0.39 is 0 Å².